The van der Waals surface area contributed by atoms with Gasteiger partial charge in [0.05, 0.1) is 5.69 Å². The normalized spacial score (nSPS) is 12.3. The Morgan fingerprint density at radius 1 is 1.22 bits per heavy atom. The van der Waals surface area contributed by atoms with Gasteiger partial charge >= 0.3 is 6.03 Å². The predicted octanol–water partition coefficient (Wildman–Crippen LogP) is 3.77. The maximum Gasteiger partial charge on any atom is 0.319 e. The van der Waals surface area contributed by atoms with Crippen molar-refractivity contribution in [2.45, 2.75) is 39.7 Å². The van der Waals surface area contributed by atoms with Crippen molar-refractivity contribution in [3.8, 4) is 0 Å². The van der Waals surface area contributed by atoms with Gasteiger partial charge in [0.15, 0.2) is 0 Å². The SMILES string of the molecule is CC(C)CCC(C)NC(=O)Nc1ccccc1F. The van der Waals surface area contributed by atoms with Gasteiger partial charge in [-0.3, -0.25) is 0 Å². The molecule has 0 aromatic heterocycles. The van der Waals surface area contributed by atoms with Gasteiger partial charge in [0, 0.05) is 6.04 Å². The van der Waals surface area contributed by atoms with Crippen molar-refractivity contribution in [3.63, 3.8) is 0 Å². The Kier molecular flexibility index (Phi) is 5.62. The molecule has 1 aromatic rings. The average Bonchev–Trinajstić information content (AvgIpc) is 2.29. The van der Waals surface area contributed by atoms with Gasteiger partial charge in [0.1, 0.15) is 5.82 Å². The molecule has 0 saturated carbocycles. The summed E-state index contributed by atoms with van der Waals surface area (Å²) in [5.41, 5.74) is 0.200. The molecular weight excluding hydrogens is 231 g/mol. The summed E-state index contributed by atoms with van der Waals surface area (Å²) >= 11 is 0. The third kappa shape index (κ3) is 5.17. The molecule has 0 spiro atoms. The third-order valence-corrected chi connectivity index (χ3v) is 2.68. The number of anilines is 1. The average molecular weight is 252 g/mol. The largest absolute Gasteiger partial charge is 0.335 e. The smallest absolute Gasteiger partial charge is 0.319 e. The minimum Gasteiger partial charge on any atom is -0.335 e. The molecule has 0 heterocycles. The van der Waals surface area contributed by atoms with E-state index in [0.717, 1.165) is 12.8 Å². The molecule has 1 aromatic carbocycles. The Balaban J connectivity index is 2.40. The topological polar surface area (TPSA) is 41.1 Å². The van der Waals surface area contributed by atoms with E-state index in [9.17, 15) is 9.18 Å². The second-order valence-corrected chi connectivity index (χ2v) is 4.95. The Labute approximate surface area is 108 Å². The van der Waals surface area contributed by atoms with Crippen molar-refractivity contribution < 1.29 is 9.18 Å². The van der Waals surface area contributed by atoms with Crippen LogP contribution in [0.25, 0.3) is 0 Å². The number of carbonyl (C=O) groups excluding carboxylic acids is 1. The molecule has 1 unspecified atom stereocenters. The summed E-state index contributed by atoms with van der Waals surface area (Å²) in [5, 5.41) is 5.30. The number of hydrogen-bond donors (Lipinski definition) is 2. The minimum atomic E-state index is -0.428. The summed E-state index contributed by atoms with van der Waals surface area (Å²) in [5.74, 6) is 0.186. The minimum absolute atomic E-state index is 0.0826. The van der Waals surface area contributed by atoms with Gasteiger partial charge in [-0.05, 0) is 37.8 Å². The summed E-state index contributed by atoms with van der Waals surface area (Å²) in [6, 6.07) is 5.84. The standard InChI is InChI=1S/C14H21FN2O/c1-10(2)8-9-11(3)16-14(18)17-13-7-5-4-6-12(13)15/h4-7,10-11H,8-9H2,1-3H3,(H2,16,17,18). The van der Waals surface area contributed by atoms with E-state index in [2.05, 4.69) is 24.5 Å². The van der Waals surface area contributed by atoms with Crippen LogP contribution < -0.4 is 10.6 Å². The van der Waals surface area contributed by atoms with Gasteiger partial charge in [-0.25, -0.2) is 9.18 Å². The first-order valence-electron chi connectivity index (χ1n) is 6.31. The van der Waals surface area contributed by atoms with Crippen molar-refractivity contribution in [1.29, 1.82) is 0 Å². The zero-order chi connectivity index (χ0) is 13.5. The molecule has 0 radical (unpaired) electrons. The van der Waals surface area contributed by atoms with Gasteiger partial charge in [-0.2, -0.15) is 0 Å². The summed E-state index contributed by atoms with van der Waals surface area (Å²) in [6.07, 6.45) is 1.98. The first kappa shape index (κ1) is 14.5. The van der Waals surface area contributed by atoms with Crippen LogP contribution >= 0.6 is 0 Å². The van der Waals surface area contributed by atoms with Crippen LogP contribution in [0.4, 0.5) is 14.9 Å². The second-order valence-electron chi connectivity index (χ2n) is 4.95. The van der Waals surface area contributed by atoms with Crippen LogP contribution in [0.5, 0.6) is 0 Å². The molecular formula is C14H21FN2O. The van der Waals surface area contributed by atoms with Crippen molar-refractivity contribution in [1.82, 2.24) is 5.32 Å². The van der Waals surface area contributed by atoms with Crippen LogP contribution in [-0.2, 0) is 0 Å². The Morgan fingerprint density at radius 3 is 2.50 bits per heavy atom. The molecule has 0 aliphatic heterocycles. The maximum absolute atomic E-state index is 13.3. The first-order valence-corrected chi connectivity index (χ1v) is 6.31. The third-order valence-electron chi connectivity index (χ3n) is 2.68. The lowest BCUT2D eigenvalue weighted by atomic mass is 10.0. The summed E-state index contributed by atoms with van der Waals surface area (Å²) in [7, 11) is 0. The van der Waals surface area contributed by atoms with Crippen LogP contribution in [0, 0.1) is 11.7 Å². The van der Waals surface area contributed by atoms with E-state index in [-0.39, 0.29) is 17.8 Å². The number of para-hydroxylation sites is 1. The van der Waals surface area contributed by atoms with Crippen LogP contribution in [0.15, 0.2) is 24.3 Å². The molecule has 4 heteroatoms. The van der Waals surface area contributed by atoms with Crippen LogP contribution in [0.3, 0.4) is 0 Å². The molecule has 0 bridgehead atoms. The summed E-state index contributed by atoms with van der Waals surface area (Å²) < 4.78 is 13.3. The number of halogens is 1. The number of benzene rings is 1. The fraction of sp³-hybridized carbons (Fsp3) is 0.500. The van der Waals surface area contributed by atoms with E-state index in [1.165, 1.54) is 12.1 Å². The second kappa shape index (κ2) is 6.99. The monoisotopic (exact) mass is 252 g/mol. The van der Waals surface area contributed by atoms with Gasteiger partial charge < -0.3 is 10.6 Å². The van der Waals surface area contributed by atoms with Crippen molar-refractivity contribution in [3.05, 3.63) is 30.1 Å². The fourth-order valence-corrected chi connectivity index (χ4v) is 1.60. The molecule has 1 rings (SSSR count). The van der Waals surface area contributed by atoms with Gasteiger partial charge in [0.2, 0.25) is 0 Å². The molecule has 0 aliphatic carbocycles. The number of amides is 2. The highest BCUT2D eigenvalue weighted by Crippen LogP contribution is 2.12. The van der Waals surface area contributed by atoms with E-state index in [4.69, 9.17) is 0 Å². The van der Waals surface area contributed by atoms with Gasteiger partial charge in [-0.15, -0.1) is 0 Å². The van der Waals surface area contributed by atoms with E-state index < -0.39 is 5.82 Å². The molecule has 0 aliphatic rings. The van der Waals surface area contributed by atoms with Gasteiger partial charge in [-0.1, -0.05) is 26.0 Å². The zero-order valence-electron chi connectivity index (χ0n) is 11.2. The van der Waals surface area contributed by atoms with Crippen molar-refractivity contribution in [2.24, 2.45) is 5.92 Å². The summed E-state index contributed by atoms with van der Waals surface area (Å²) in [4.78, 5) is 11.6. The Bertz CT molecular complexity index is 393. The molecule has 100 valence electrons. The lowest BCUT2D eigenvalue weighted by Gasteiger charge is -2.15. The zero-order valence-corrected chi connectivity index (χ0v) is 11.2. The Morgan fingerprint density at radius 2 is 1.89 bits per heavy atom. The predicted molar refractivity (Wildman–Crippen MR) is 72.1 cm³/mol. The van der Waals surface area contributed by atoms with Crippen LogP contribution in [0.2, 0.25) is 0 Å². The first-order chi connectivity index (χ1) is 8.49. The van der Waals surface area contributed by atoms with E-state index >= 15 is 0 Å². The number of rotatable bonds is 5. The highest BCUT2D eigenvalue weighted by Gasteiger charge is 2.09. The molecule has 18 heavy (non-hydrogen) atoms. The van der Waals surface area contributed by atoms with Gasteiger partial charge in [0.25, 0.3) is 0 Å². The quantitative estimate of drug-likeness (QED) is 0.822. The number of urea groups is 1. The maximum atomic E-state index is 13.3. The molecule has 2 amide bonds. The van der Waals surface area contributed by atoms with E-state index in [1.807, 2.05) is 6.92 Å². The molecule has 1 atom stereocenters. The van der Waals surface area contributed by atoms with Crippen LogP contribution in [-0.4, -0.2) is 12.1 Å². The fourth-order valence-electron chi connectivity index (χ4n) is 1.60. The van der Waals surface area contributed by atoms with Crippen LogP contribution in [0.1, 0.15) is 33.6 Å². The number of hydrogen-bond acceptors (Lipinski definition) is 1. The molecule has 2 N–H and O–H groups in total. The molecule has 0 saturated heterocycles. The van der Waals surface area contributed by atoms with E-state index in [1.54, 1.807) is 12.1 Å². The number of carbonyl (C=O) groups is 1. The van der Waals surface area contributed by atoms with Crippen molar-refractivity contribution >= 4 is 11.7 Å². The lowest BCUT2D eigenvalue weighted by Crippen LogP contribution is -2.36. The number of nitrogens with one attached hydrogen (secondary N) is 2. The van der Waals surface area contributed by atoms with Crippen molar-refractivity contribution in [2.75, 3.05) is 5.32 Å². The van der Waals surface area contributed by atoms with E-state index in [0.29, 0.717) is 5.92 Å². The molecule has 3 nitrogen and oxygen atoms in total. The highest BCUT2D eigenvalue weighted by molar-refractivity contribution is 5.89. The Hall–Kier alpha value is -1.58. The molecule has 0 fully saturated rings. The summed E-state index contributed by atoms with van der Waals surface area (Å²) in [6.45, 7) is 6.24. The highest BCUT2D eigenvalue weighted by atomic mass is 19.1. The lowest BCUT2D eigenvalue weighted by molar-refractivity contribution is 0.248.